The first-order chi connectivity index (χ1) is 11.1. The highest BCUT2D eigenvalue weighted by atomic mass is 32.1. The Kier molecular flexibility index (Phi) is 4.35. The number of carbonyl (C=O) groups excluding carboxylic acids is 1. The zero-order valence-electron chi connectivity index (χ0n) is 12.7. The van der Waals surface area contributed by atoms with E-state index in [-0.39, 0.29) is 5.78 Å². The fourth-order valence-corrected chi connectivity index (χ4v) is 2.58. The molecule has 2 N–H and O–H groups in total. The number of rotatable bonds is 3. The van der Waals surface area contributed by atoms with Crippen molar-refractivity contribution >= 4 is 45.3 Å². The SMILES string of the molecule is CC(=O)c1ccc(NC(=S)Nc2ccc3ccccc3c2)cc1. The van der Waals surface area contributed by atoms with Gasteiger partial charge < -0.3 is 10.6 Å². The molecule has 3 rings (SSSR count). The number of Topliss-reactive ketones (excluding diaryl/α,β-unsaturated/α-hetero) is 1. The Labute approximate surface area is 140 Å². The van der Waals surface area contributed by atoms with Crippen LogP contribution in [-0.2, 0) is 0 Å². The molecule has 0 amide bonds. The molecule has 0 aromatic heterocycles. The Morgan fingerprint density at radius 1 is 0.826 bits per heavy atom. The van der Waals surface area contributed by atoms with E-state index in [9.17, 15) is 4.79 Å². The lowest BCUT2D eigenvalue weighted by molar-refractivity contribution is 0.101. The van der Waals surface area contributed by atoms with Crippen molar-refractivity contribution in [2.24, 2.45) is 0 Å². The van der Waals surface area contributed by atoms with E-state index >= 15 is 0 Å². The lowest BCUT2D eigenvalue weighted by atomic mass is 10.1. The molecule has 0 aliphatic rings. The molecule has 0 spiro atoms. The maximum atomic E-state index is 11.3. The first-order valence-corrected chi connectivity index (χ1v) is 7.70. The molecule has 23 heavy (non-hydrogen) atoms. The summed E-state index contributed by atoms with van der Waals surface area (Å²) >= 11 is 5.34. The third-order valence-electron chi connectivity index (χ3n) is 3.56. The molecule has 114 valence electrons. The van der Waals surface area contributed by atoms with Gasteiger partial charge in [-0.15, -0.1) is 0 Å². The van der Waals surface area contributed by atoms with Gasteiger partial charge in [0.25, 0.3) is 0 Å². The van der Waals surface area contributed by atoms with Gasteiger partial charge in [-0.05, 0) is 66.3 Å². The molecule has 0 saturated heterocycles. The van der Waals surface area contributed by atoms with Gasteiger partial charge in [0, 0.05) is 16.9 Å². The summed E-state index contributed by atoms with van der Waals surface area (Å²) in [5.74, 6) is 0.0495. The summed E-state index contributed by atoms with van der Waals surface area (Å²) in [4.78, 5) is 11.3. The topological polar surface area (TPSA) is 41.1 Å². The van der Waals surface area contributed by atoms with Crippen LogP contribution in [0.25, 0.3) is 10.8 Å². The minimum atomic E-state index is 0.0495. The third kappa shape index (κ3) is 3.73. The Morgan fingerprint density at radius 2 is 1.43 bits per heavy atom. The Bertz CT molecular complexity index is 872. The lowest BCUT2D eigenvalue weighted by Gasteiger charge is -2.11. The predicted octanol–water partition coefficient (Wildman–Crippen LogP) is 4.85. The number of hydrogen-bond donors (Lipinski definition) is 2. The second kappa shape index (κ2) is 6.58. The lowest BCUT2D eigenvalue weighted by Crippen LogP contribution is -2.19. The quantitative estimate of drug-likeness (QED) is 0.534. The van der Waals surface area contributed by atoms with E-state index in [1.165, 1.54) is 5.39 Å². The molecular weight excluding hydrogens is 304 g/mol. The van der Waals surface area contributed by atoms with Gasteiger partial charge >= 0.3 is 0 Å². The average Bonchev–Trinajstić information content (AvgIpc) is 2.55. The van der Waals surface area contributed by atoms with Crippen LogP contribution in [0.5, 0.6) is 0 Å². The standard InChI is InChI=1S/C19H16N2OS/c1-13(22)14-6-9-17(10-7-14)20-19(23)21-18-11-8-15-4-2-3-5-16(15)12-18/h2-12H,1H3,(H2,20,21,23). The maximum absolute atomic E-state index is 11.3. The number of benzene rings is 3. The summed E-state index contributed by atoms with van der Waals surface area (Å²) < 4.78 is 0. The van der Waals surface area contributed by atoms with E-state index < -0.39 is 0 Å². The normalized spacial score (nSPS) is 10.3. The van der Waals surface area contributed by atoms with Gasteiger partial charge in [0.15, 0.2) is 10.9 Å². The zero-order chi connectivity index (χ0) is 16.2. The first-order valence-electron chi connectivity index (χ1n) is 7.29. The van der Waals surface area contributed by atoms with Crippen molar-refractivity contribution in [2.75, 3.05) is 10.6 Å². The Morgan fingerprint density at radius 3 is 2.13 bits per heavy atom. The van der Waals surface area contributed by atoms with Gasteiger partial charge in [-0.2, -0.15) is 0 Å². The minimum Gasteiger partial charge on any atom is -0.332 e. The molecule has 0 radical (unpaired) electrons. The maximum Gasteiger partial charge on any atom is 0.175 e. The molecule has 0 saturated carbocycles. The summed E-state index contributed by atoms with van der Waals surface area (Å²) in [5, 5.41) is 9.15. The number of ketones is 1. The van der Waals surface area contributed by atoms with Gasteiger partial charge in [0.2, 0.25) is 0 Å². The zero-order valence-corrected chi connectivity index (χ0v) is 13.5. The predicted molar refractivity (Wildman–Crippen MR) is 100 cm³/mol. The summed E-state index contributed by atoms with van der Waals surface area (Å²) in [6.45, 7) is 1.55. The van der Waals surface area contributed by atoms with E-state index in [0.29, 0.717) is 10.7 Å². The van der Waals surface area contributed by atoms with Crippen LogP contribution in [0.15, 0.2) is 66.7 Å². The highest BCUT2D eigenvalue weighted by molar-refractivity contribution is 7.80. The fourth-order valence-electron chi connectivity index (χ4n) is 2.35. The van der Waals surface area contributed by atoms with Gasteiger partial charge in [-0.1, -0.05) is 30.3 Å². The molecule has 3 aromatic carbocycles. The van der Waals surface area contributed by atoms with Gasteiger partial charge in [-0.25, -0.2) is 0 Å². The minimum absolute atomic E-state index is 0.0495. The number of anilines is 2. The van der Waals surface area contributed by atoms with Crippen LogP contribution in [0.1, 0.15) is 17.3 Å². The molecule has 4 heteroatoms. The third-order valence-corrected chi connectivity index (χ3v) is 3.76. The largest absolute Gasteiger partial charge is 0.332 e. The molecule has 0 aliphatic heterocycles. The van der Waals surface area contributed by atoms with E-state index in [1.807, 2.05) is 30.3 Å². The summed E-state index contributed by atoms with van der Waals surface area (Å²) in [6, 6.07) is 21.5. The Hall–Kier alpha value is -2.72. The first kappa shape index (κ1) is 15.2. The number of thiocarbonyl (C=S) groups is 1. The van der Waals surface area contributed by atoms with Crippen LogP contribution >= 0.6 is 12.2 Å². The number of hydrogen-bond acceptors (Lipinski definition) is 2. The van der Waals surface area contributed by atoms with Crippen LogP contribution in [-0.4, -0.2) is 10.9 Å². The molecule has 0 unspecified atom stereocenters. The van der Waals surface area contributed by atoms with Crippen molar-refractivity contribution in [1.29, 1.82) is 0 Å². The number of nitrogens with one attached hydrogen (secondary N) is 2. The van der Waals surface area contributed by atoms with E-state index in [4.69, 9.17) is 12.2 Å². The highest BCUT2D eigenvalue weighted by Gasteiger charge is 2.02. The summed E-state index contributed by atoms with van der Waals surface area (Å²) in [6.07, 6.45) is 0. The highest BCUT2D eigenvalue weighted by Crippen LogP contribution is 2.19. The molecule has 3 aromatic rings. The van der Waals surface area contributed by atoms with Gasteiger partial charge in [-0.3, -0.25) is 4.79 Å². The summed E-state index contributed by atoms with van der Waals surface area (Å²) in [7, 11) is 0. The molecule has 0 atom stereocenters. The monoisotopic (exact) mass is 320 g/mol. The number of fused-ring (bicyclic) bond motifs is 1. The van der Waals surface area contributed by atoms with Crippen LogP contribution in [0, 0.1) is 0 Å². The number of carbonyl (C=O) groups is 1. The van der Waals surface area contributed by atoms with E-state index in [2.05, 4.69) is 34.9 Å². The molecule has 0 bridgehead atoms. The van der Waals surface area contributed by atoms with E-state index in [0.717, 1.165) is 16.8 Å². The van der Waals surface area contributed by atoms with Gasteiger partial charge in [0.05, 0.1) is 0 Å². The van der Waals surface area contributed by atoms with Crippen molar-refractivity contribution in [3.05, 3.63) is 72.3 Å². The molecule has 0 aliphatic carbocycles. The second-order valence-electron chi connectivity index (χ2n) is 5.27. The van der Waals surface area contributed by atoms with Crippen molar-refractivity contribution in [3.8, 4) is 0 Å². The van der Waals surface area contributed by atoms with Crippen LogP contribution in [0.3, 0.4) is 0 Å². The smallest absolute Gasteiger partial charge is 0.175 e. The van der Waals surface area contributed by atoms with Crippen LogP contribution < -0.4 is 10.6 Å². The second-order valence-corrected chi connectivity index (χ2v) is 5.68. The molecular formula is C19H16N2OS. The van der Waals surface area contributed by atoms with E-state index in [1.54, 1.807) is 19.1 Å². The summed E-state index contributed by atoms with van der Waals surface area (Å²) in [5.41, 5.74) is 2.46. The molecule has 0 heterocycles. The van der Waals surface area contributed by atoms with Crippen molar-refractivity contribution in [3.63, 3.8) is 0 Å². The van der Waals surface area contributed by atoms with Gasteiger partial charge in [0.1, 0.15) is 0 Å². The van der Waals surface area contributed by atoms with Crippen LogP contribution in [0.2, 0.25) is 0 Å². The van der Waals surface area contributed by atoms with Crippen LogP contribution in [0.4, 0.5) is 11.4 Å². The molecule has 3 nitrogen and oxygen atoms in total. The van der Waals surface area contributed by atoms with Crippen molar-refractivity contribution < 1.29 is 4.79 Å². The van der Waals surface area contributed by atoms with Crippen molar-refractivity contribution in [1.82, 2.24) is 0 Å². The van der Waals surface area contributed by atoms with Crippen molar-refractivity contribution in [2.45, 2.75) is 6.92 Å². The fraction of sp³-hybridized carbons (Fsp3) is 0.0526. The average molecular weight is 320 g/mol. The Balaban J connectivity index is 1.69. The molecule has 0 fully saturated rings.